The summed E-state index contributed by atoms with van der Waals surface area (Å²) in [6, 6.07) is 17.6. The molecule has 0 spiro atoms. The SMILES string of the molecule is O=C1S/C(=C/c2cccn2Cc2ccccc2[N+](=O)[O-])C(=O)N1Cc1ccc(Br)cc1. The average Bonchev–Trinajstić information content (AvgIpc) is 3.29. The molecule has 0 radical (unpaired) electrons. The first-order chi connectivity index (χ1) is 14.9. The summed E-state index contributed by atoms with van der Waals surface area (Å²) in [4.78, 5) is 37.7. The summed E-state index contributed by atoms with van der Waals surface area (Å²) in [7, 11) is 0. The van der Waals surface area contributed by atoms with E-state index in [1.54, 1.807) is 42.6 Å². The number of hydrogen-bond acceptors (Lipinski definition) is 5. The van der Waals surface area contributed by atoms with Crippen molar-refractivity contribution in [3.63, 3.8) is 0 Å². The Kier molecular flexibility index (Phi) is 6.06. The number of thioether (sulfide) groups is 1. The zero-order chi connectivity index (χ0) is 22.0. The number of halogens is 1. The lowest BCUT2D eigenvalue weighted by molar-refractivity contribution is -0.385. The molecule has 1 aliphatic rings. The second kappa shape index (κ2) is 8.91. The lowest BCUT2D eigenvalue weighted by Crippen LogP contribution is -2.27. The summed E-state index contributed by atoms with van der Waals surface area (Å²) in [5.74, 6) is -0.351. The molecule has 156 valence electrons. The van der Waals surface area contributed by atoms with Crippen molar-refractivity contribution in [1.82, 2.24) is 9.47 Å². The number of rotatable bonds is 6. The van der Waals surface area contributed by atoms with Gasteiger partial charge in [0, 0.05) is 28.0 Å². The molecule has 0 atom stereocenters. The number of hydrogen-bond donors (Lipinski definition) is 0. The molecule has 2 amide bonds. The number of nitro groups is 1. The van der Waals surface area contributed by atoms with Gasteiger partial charge in [-0.15, -0.1) is 0 Å². The first-order valence-electron chi connectivity index (χ1n) is 9.29. The van der Waals surface area contributed by atoms with Gasteiger partial charge in [-0.3, -0.25) is 24.6 Å². The fraction of sp³-hybridized carbons (Fsp3) is 0.0909. The summed E-state index contributed by atoms with van der Waals surface area (Å²) in [6.07, 6.45) is 3.44. The van der Waals surface area contributed by atoms with Crippen LogP contribution in [0.3, 0.4) is 0 Å². The van der Waals surface area contributed by atoms with Crippen LogP contribution in [-0.2, 0) is 17.9 Å². The van der Waals surface area contributed by atoms with Crippen molar-refractivity contribution in [2.45, 2.75) is 13.1 Å². The van der Waals surface area contributed by atoms with Crippen molar-refractivity contribution in [1.29, 1.82) is 0 Å². The number of aromatic nitrogens is 1. The van der Waals surface area contributed by atoms with Crippen molar-refractivity contribution in [3.8, 4) is 0 Å². The highest BCUT2D eigenvalue weighted by Crippen LogP contribution is 2.33. The monoisotopic (exact) mass is 497 g/mol. The molecular weight excluding hydrogens is 482 g/mol. The Labute approximate surface area is 190 Å². The van der Waals surface area contributed by atoms with E-state index >= 15 is 0 Å². The van der Waals surface area contributed by atoms with E-state index in [2.05, 4.69) is 15.9 Å². The third-order valence-electron chi connectivity index (χ3n) is 4.80. The Balaban J connectivity index is 1.56. The van der Waals surface area contributed by atoms with E-state index < -0.39 is 4.92 Å². The number of nitro benzene ring substituents is 1. The van der Waals surface area contributed by atoms with Crippen molar-refractivity contribution >= 4 is 50.6 Å². The minimum atomic E-state index is -0.411. The maximum absolute atomic E-state index is 12.8. The lowest BCUT2D eigenvalue weighted by atomic mass is 10.2. The number of amides is 2. The Bertz CT molecular complexity index is 1200. The van der Waals surface area contributed by atoms with Gasteiger partial charge in [-0.25, -0.2) is 0 Å². The second-order valence-corrected chi connectivity index (χ2v) is 8.75. The smallest absolute Gasteiger partial charge is 0.293 e. The highest BCUT2D eigenvalue weighted by molar-refractivity contribution is 9.10. The Morgan fingerprint density at radius 1 is 1.00 bits per heavy atom. The molecule has 2 aromatic carbocycles. The van der Waals surface area contributed by atoms with E-state index in [-0.39, 0.29) is 29.9 Å². The number of nitrogens with zero attached hydrogens (tertiary/aromatic N) is 3. The van der Waals surface area contributed by atoms with Crippen LogP contribution < -0.4 is 0 Å². The van der Waals surface area contributed by atoms with Crippen molar-refractivity contribution in [2.75, 3.05) is 0 Å². The van der Waals surface area contributed by atoms with E-state index in [1.807, 2.05) is 28.8 Å². The third-order valence-corrected chi connectivity index (χ3v) is 6.24. The van der Waals surface area contributed by atoms with Crippen LogP contribution in [0.15, 0.2) is 76.2 Å². The van der Waals surface area contributed by atoms with Crippen LogP contribution in [0.5, 0.6) is 0 Å². The summed E-state index contributed by atoms with van der Waals surface area (Å²) >= 11 is 4.26. The summed E-state index contributed by atoms with van der Waals surface area (Å²) in [6.45, 7) is 0.477. The minimum absolute atomic E-state index is 0.0389. The molecule has 1 aliphatic heterocycles. The molecule has 2 heterocycles. The molecule has 0 N–H and O–H groups in total. The average molecular weight is 498 g/mol. The first kappa shape index (κ1) is 21.1. The summed E-state index contributed by atoms with van der Waals surface area (Å²) in [5.41, 5.74) is 2.14. The highest BCUT2D eigenvalue weighted by Gasteiger charge is 2.35. The maximum Gasteiger partial charge on any atom is 0.293 e. The molecule has 1 saturated heterocycles. The van der Waals surface area contributed by atoms with Gasteiger partial charge in [0.15, 0.2) is 0 Å². The van der Waals surface area contributed by atoms with Crippen molar-refractivity contribution in [3.05, 3.63) is 103 Å². The zero-order valence-corrected chi connectivity index (χ0v) is 18.5. The van der Waals surface area contributed by atoms with E-state index in [0.29, 0.717) is 16.2 Å². The zero-order valence-electron chi connectivity index (χ0n) is 16.1. The molecule has 1 fully saturated rings. The fourth-order valence-electron chi connectivity index (χ4n) is 3.25. The van der Waals surface area contributed by atoms with E-state index in [0.717, 1.165) is 21.8 Å². The minimum Gasteiger partial charge on any atom is -0.343 e. The Hall–Kier alpha value is -3.17. The number of carbonyl (C=O) groups excluding carboxylic acids is 2. The predicted molar refractivity (Wildman–Crippen MR) is 122 cm³/mol. The van der Waals surface area contributed by atoms with Crippen LogP contribution in [0.4, 0.5) is 10.5 Å². The first-order valence-corrected chi connectivity index (χ1v) is 10.9. The molecular formula is C22H16BrN3O4S. The summed E-state index contributed by atoms with van der Waals surface area (Å²) < 4.78 is 2.73. The van der Waals surface area contributed by atoms with Crippen molar-refractivity contribution < 1.29 is 14.5 Å². The molecule has 7 nitrogen and oxygen atoms in total. The van der Waals surface area contributed by atoms with Gasteiger partial charge in [-0.05, 0) is 47.7 Å². The van der Waals surface area contributed by atoms with Gasteiger partial charge >= 0.3 is 0 Å². The van der Waals surface area contributed by atoms with E-state index in [1.165, 1.54) is 11.0 Å². The van der Waals surface area contributed by atoms with Gasteiger partial charge < -0.3 is 4.57 Å². The quantitative estimate of drug-likeness (QED) is 0.257. The Morgan fingerprint density at radius 3 is 2.48 bits per heavy atom. The standard InChI is InChI=1S/C22H16BrN3O4S/c23-17-9-7-15(8-10-17)13-25-21(27)20(31-22(25)28)12-18-5-3-11-24(18)14-16-4-1-2-6-19(16)26(29)30/h1-12H,13-14H2/b20-12+. The number of para-hydroxylation sites is 1. The van der Waals surface area contributed by atoms with Gasteiger partial charge in [-0.1, -0.05) is 46.3 Å². The molecule has 9 heteroatoms. The fourth-order valence-corrected chi connectivity index (χ4v) is 4.34. The van der Waals surface area contributed by atoms with Gasteiger partial charge in [0.1, 0.15) is 0 Å². The molecule has 0 unspecified atom stereocenters. The van der Waals surface area contributed by atoms with Crippen LogP contribution in [-0.4, -0.2) is 25.5 Å². The van der Waals surface area contributed by atoms with Gasteiger partial charge in [0.2, 0.25) is 0 Å². The molecule has 0 bridgehead atoms. The van der Waals surface area contributed by atoms with Crippen LogP contribution in [0.25, 0.3) is 6.08 Å². The van der Waals surface area contributed by atoms with Gasteiger partial charge in [0.25, 0.3) is 16.8 Å². The molecule has 4 rings (SSSR count). The predicted octanol–water partition coefficient (Wildman–Crippen LogP) is 5.44. The van der Waals surface area contributed by atoms with E-state index in [4.69, 9.17) is 0 Å². The number of imide groups is 1. The normalized spacial score (nSPS) is 15.1. The van der Waals surface area contributed by atoms with Gasteiger partial charge in [-0.2, -0.15) is 0 Å². The topological polar surface area (TPSA) is 85.5 Å². The molecule has 3 aromatic rings. The summed E-state index contributed by atoms with van der Waals surface area (Å²) in [5, 5.41) is 11.0. The van der Waals surface area contributed by atoms with Crippen molar-refractivity contribution in [2.24, 2.45) is 0 Å². The molecule has 1 aromatic heterocycles. The largest absolute Gasteiger partial charge is 0.343 e. The molecule has 31 heavy (non-hydrogen) atoms. The molecule has 0 saturated carbocycles. The van der Waals surface area contributed by atoms with Gasteiger partial charge in [0.05, 0.1) is 22.9 Å². The van der Waals surface area contributed by atoms with Crippen LogP contribution in [0.2, 0.25) is 0 Å². The number of benzene rings is 2. The lowest BCUT2D eigenvalue weighted by Gasteiger charge is -2.12. The Morgan fingerprint density at radius 2 is 1.74 bits per heavy atom. The second-order valence-electron chi connectivity index (χ2n) is 6.84. The number of carbonyl (C=O) groups is 2. The third kappa shape index (κ3) is 4.62. The molecule has 0 aliphatic carbocycles. The highest BCUT2D eigenvalue weighted by atomic mass is 79.9. The maximum atomic E-state index is 12.8. The van der Waals surface area contributed by atoms with Crippen LogP contribution in [0, 0.1) is 10.1 Å². The van der Waals surface area contributed by atoms with Crippen LogP contribution >= 0.6 is 27.7 Å². The van der Waals surface area contributed by atoms with Crippen LogP contribution in [0.1, 0.15) is 16.8 Å². The van der Waals surface area contributed by atoms with E-state index in [9.17, 15) is 19.7 Å².